The summed E-state index contributed by atoms with van der Waals surface area (Å²) in [6.45, 7) is 5.30. The topological polar surface area (TPSA) is 62.4 Å². The molecule has 0 aliphatic carbocycles. The van der Waals surface area contributed by atoms with Crippen LogP contribution in [-0.2, 0) is 6.54 Å². The number of carbonyl (C=O) groups excluding carboxylic acids is 1. The van der Waals surface area contributed by atoms with Crippen LogP contribution in [0.3, 0.4) is 0 Å². The number of carbonyl (C=O) groups is 1. The maximum absolute atomic E-state index is 11.8. The van der Waals surface area contributed by atoms with Crippen molar-refractivity contribution in [3.63, 3.8) is 0 Å². The Kier molecular flexibility index (Phi) is 6.34. The van der Waals surface area contributed by atoms with Gasteiger partial charge < -0.3 is 20.7 Å². The standard InChI is InChI=1S/C16H25N3O2/c1-2-11-21-15-5-3-13(4-6-15)12-18-16(20)19-14-7-9-17-10-8-14/h3-6,14,17H,2,7-12H2,1H3,(H2,18,19,20). The van der Waals surface area contributed by atoms with Crippen LogP contribution in [0.5, 0.6) is 5.75 Å². The van der Waals surface area contributed by atoms with Gasteiger partial charge in [0.2, 0.25) is 0 Å². The van der Waals surface area contributed by atoms with Crippen LogP contribution in [0.2, 0.25) is 0 Å². The lowest BCUT2D eigenvalue weighted by Crippen LogP contribution is -2.46. The molecular weight excluding hydrogens is 266 g/mol. The molecule has 0 bridgehead atoms. The zero-order chi connectivity index (χ0) is 14.9. The zero-order valence-electron chi connectivity index (χ0n) is 12.7. The van der Waals surface area contributed by atoms with E-state index in [1.54, 1.807) is 0 Å². The fraction of sp³-hybridized carbons (Fsp3) is 0.562. The van der Waals surface area contributed by atoms with Crippen molar-refractivity contribution in [2.75, 3.05) is 19.7 Å². The minimum absolute atomic E-state index is 0.0896. The first-order valence-electron chi connectivity index (χ1n) is 7.74. The quantitative estimate of drug-likeness (QED) is 0.751. The number of ether oxygens (including phenoxy) is 1. The smallest absolute Gasteiger partial charge is 0.315 e. The molecule has 1 fully saturated rings. The molecule has 0 saturated carbocycles. The normalized spacial score (nSPS) is 15.5. The van der Waals surface area contributed by atoms with E-state index >= 15 is 0 Å². The average Bonchev–Trinajstić information content (AvgIpc) is 2.53. The highest BCUT2D eigenvalue weighted by molar-refractivity contribution is 5.74. The molecule has 2 rings (SSSR count). The molecule has 21 heavy (non-hydrogen) atoms. The first kappa shape index (κ1) is 15.6. The predicted octanol–water partition coefficient (Wildman–Crippen LogP) is 2.03. The number of benzene rings is 1. The van der Waals surface area contributed by atoms with Gasteiger partial charge in [-0.05, 0) is 50.0 Å². The molecule has 2 amide bonds. The van der Waals surface area contributed by atoms with Crippen LogP contribution in [-0.4, -0.2) is 31.8 Å². The van der Waals surface area contributed by atoms with Crippen molar-refractivity contribution in [2.45, 2.75) is 38.8 Å². The van der Waals surface area contributed by atoms with Crippen molar-refractivity contribution in [1.29, 1.82) is 0 Å². The van der Waals surface area contributed by atoms with Crippen molar-refractivity contribution < 1.29 is 9.53 Å². The summed E-state index contributed by atoms with van der Waals surface area (Å²) >= 11 is 0. The summed E-state index contributed by atoms with van der Waals surface area (Å²) in [5.41, 5.74) is 1.07. The van der Waals surface area contributed by atoms with Gasteiger partial charge in [0.05, 0.1) is 6.61 Å². The number of rotatable bonds is 6. The molecule has 0 radical (unpaired) electrons. The van der Waals surface area contributed by atoms with E-state index < -0.39 is 0 Å². The second-order valence-electron chi connectivity index (χ2n) is 5.34. The van der Waals surface area contributed by atoms with Crippen LogP contribution in [0.15, 0.2) is 24.3 Å². The van der Waals surface area contributed by atoms with E-state index in [0.717, 1.165) is 50.3 Å². The van der Waals surface area contributed by atoms with E-state index in [0.29, 0.717) is 6.54 Å². The van der Waals surface area contributed by atoms with Gasteiger partial charge in [-0.25, -0.2) is 4.79 Å². The Morgan fingerprint density at radius 2 is 2.00 bits per heavy atom. The molecule has 0 unspecified atom stereocenters. The van der Waals surface area contributed by atoms with E-state index in [4.69, 9.17) is 4.74 Å². The molecular formula is C16H25N3O2. The SMILES string of the molecule is CCCOc1ccc(CNC(=O)NC2CCNCC2)cc1. The van der Waals surface area contributed by atoms with Gasteiger partial charge in [-0.1, -0.05) is 19.1 Å². The van der Waals surface area contributed by atoms with Gasteiger partial charge in [0, 0.05) is 12.6 Å². The van der Waals surface area contributed by atoms with Crippen molar-refractivity contribution in [2.24, 2.45) is 0 Å². The summed E-state index contributed by atoms with van der Waals surface area (Å²) in [6, 6.07) is 8.05. The summed E-state index contributed by atoms with van der Waals surface area (Å²) in [6.07, 6.45) is 2.99. The molecule has 0 atom stereocenters. The Morgan fingerprint density at radius 3 is 2.67 bits per heavy atom. The van der Waals surface area contributed by atoms with Crippen LogP contribution in [0.25, 0.3) is 0 Å². The van der Waals surface area contributed by atoms with Crippen molar-refractivity contribution in [3.8, 4) is 5.75 Å². The minimum Gasteiger partial charge on any atom is -0.494 e. The highest BCUT2D eigenvalue weighted by atomic mass is 16.5. The summed E-state index contributed by atoms with van der Waals surface area (Å²) < 4.78 is 5.53. The largest absolute Gasteiger partial charge is 0.494 e. The van der Waals surface area contributed by atoms with Crippen LogP contribution >= 0.6 is 0 Å². The maximum Gasteiger partial charge on any atom is 0.315 e. The van der Waals surface area contributed by atoms with E-state index in [9.17, 15) is 4.79 Å². The van der Waals surface area contributed by atoms with Crippen molar-refractivity contribution in [1.82, 2.24) is 16.0 Å². The first-order valence-corrected chi connectivity index (χ1v) is 7.74. The summed E-state index contributed by atoms with van der Waals surface area (Å²) in [5.74, 6) is 0.875. The third kappa shape index (κ3) is 5.63. The lowest BCUT2D eigenvalue weighted by atomic mass is 10.1. The van der Waals surface area contributed by atoms with Gasteiger partial charge in [0.1, 0.15) is 5.75 Å². The first-order chi connectivity index (χ1) is 10.3. The Morgan fingerprint density at radius 1 is 1.29 bits per heavy atom. The fourth-order valence-corrected chi connectivity index (χ4v) is 2.31. The van der Waals surface area contributed by atoms with E-state index in [1.807, 2.05) is 24.3 Å². The summed E-state index contributed by atoms with van der Waals surface area (Å²) in [7, 11) is 0. The fourth-order valence-electron chi connectivity index (χ4n) is 2.31. The summed E-state index contributed by atoms with van der Waals surface area (Å²) in [4.78, 5) is 11.8. The molecule has 1 aliphatic rings. The Hall–Kier alpha value is -1.75. The number of urea groups is 1. The lowest BCUT2D eigenvalue weighted by molar-refractivity contribution is 0.233. The Labute approximate surface area is 126 Å². The molecule has 0 spiro atoms. The van der Waals surface area contributed by atoms with Crippen molar-refractivity contribution >= 4 is 6.03 Å². The van der Waals surface area contributed by atoms with Gasteiger partial charge in [-0.15, -0.1) is 0 Å². The number of hydrogen-bond donors (Lipinski definition) is 3. The third-order valence-corrected chi connectivity index (χ3v) is 3.52. The number of amides is 2. The van der Waals surface area contributed by atoms with E-state index in [1.165, 1.54) is 0 Å². The molecule has 116 valence electrons. The number of hydrogen-bond acceptors (Lipinski definition) is 3. The number of piperidine rings is 1. The molecule has 5 nitrogen and oxygen atoms in total. The molecule has 1 saturated heterocycles. The van der Waals surface area contributed by atoms with Crippen LogP contribution in [0, 0.1) is 0 Å². The molecule has 3 N–H and O–H groups in total. The van der Waals surface area contributed by atoms with Gasteiger partial charge in [0.15, 0.2) is 0 Å². The predicted molar refractivity (Wildman–Crippen MR) is 83.5 cm³/mol. The highest BCUT2D eigenvalue weighted by Gasteiger charge is 2.14. The van der Waals surface area contributed by atoms with Crippen molar-refractivity contribution in [3.05, 3.63) is 29.8 Å². The molecule has 5 heteroatoms. The monoisotopic (exact) mass is 291 g/mol. The second kappa shape index (κ2) is 8.52. The lowest BCUT2D eigenvalue weighted by Gasteiger charge is -2.23. The zero-order valence-corrected chi connectivity index (χ0v) is 12.7. The molecule has 1 aromatic carbocycles. The maximum atomic E-state index is 11.8. The second-order valence-corrected chi connectivity index (χ2v) is 5.34. The third-order valence-electron chi connectivity index (χ3n) is 3.52. The average molecular weight is 291 g/mol. The van der Waals surface area contributed by atoms with Gasteiger partial charge in [-0.3, -0.25) is 0 Å². The molecule has 1 aliphatic heterocycles. The molecule has 1 heterocycles. The number of nitrogens with one attached hydrogen (secondary N) is 3. The van der Waals surface area contributed by atoms with E-state index in [-0.39, 0.29) is 12.1 Å². The van der Waals surface area contributed by atoms with E-state index in [2.05, 4.69) is 22.9 Å². The molecule has 1 aromatic rings. The molecule has 0 aromatic heterocycles. The van der Waals surface area contributed by atoms with Gasteiger partial charge >= 0.3 is 6.03 Å². The van der Waals surface area contributed by atoms with Crippen LogP contribution < -0.4 is 20.7 Å². The van der Waals surface area contributed by atoms with Gasteiger partial charge in [0.25, 0.3) is 0 Å². The Balaban J connectivity index is 1.70. The summed E-state index contributed by atoms with van der Waals surface area (Å²) in [5, 5.41) is 9.19. The van der Waals surface area contributed by atoms with Crippen LogP contribution in [0.1, 0.15) is 31.7 Å². The minimum atomic E-state index is -0.0896. The highest BCUT2D eigenvalue weighted by Crippen LogP contribution is 2.12. The Bertz CT molecular complexity index is 428. The van der Waals surface area contributed by atoms with Crippen LogP contribution in [0.4, 0.5) is 4.79 Å². The van der Waals surface area contributed by atoms with Gasteiger partial charge in [-0.2, -0.15) is 0 Å².